The second-order valence-electron chi connectivity index (χ2n) is 3.27. The van der Waals surface area contributed by atoms with E-state index < -0.39 is 5.97 Å². The topological polar surface area (TPSA) is 76.7 Å². The number of ether oxygens (including phenoxy) is 1. The van der Waals surface area contributed by atoms with Gasteiger partial charge in [0.2, 0.25) is 5.88 Å². The van der Waals surface area contributed by atoms with Crippen LogP contribution in [0.4, 0.5) is 0 Å². The van der Waals surface area contributed by atoms with Gasteiger partial charge in [-0.05, 0) is 13.8 Å². The maximum Gasteiger partial charge on any atom is 0.345 e. The number of rotatable bonds is 2. The summed E-state index contributed by atoms with van der Waals surface area (Å²) >= 11 is 0. The van der Waals surface area contributed by atoms with Gasteiger partial charge >= 0.3 is 5.97 Å². The standard InChI is InChI=1S/C10H11N3O3/c1-3-16-10(15)7-5-11-8-4-6(2)12-13(8)9(7)14/h4-5,14H,3H2,1-2H3. The summed E-state index contributed by atoms with van der Waals surface area (Å²) < 4.78 is 5.99. The Labute approximate surface area is 91.5 Å². The van der Waals surface area contributed by atoms with Crippen molar-refractivity contribution >= 4 is 11.6 Å². The lowest BCUT2D eigenvalue weighted by Crippen LogP contribution is -2.08. The van der Waals surface area contributed by atoms with Crippen molar-refractivity contribution in [1.82, 2.24) is 14.6 Å². The Kier molecular flexibility index (Phi) is 2.47. The van der Waals surface area contributed by atoms with Gasteiger partial charge in [-0.15, -0.1) is 0 Å². The average molecular weight is 221 g/mol. The molecule has 2 heterocycles. The molecule has 0 fully saturated rings. The summed E-state index contributed by atoms with van der Waals surface area (Å²) in [5, 5.41) is 13.8. The van der Waals surface area contributed by atoms with Crippen LogP contribution < -0.4 is 0 Å². The van der Waals surface area contributed by atoms with Crippen LogP contribution in [0.3, 0.4) is 0 Å². The van der Waals surface area contributed by atoms with Gasteiger partial charge in [0, 0.05) is 12.3 Å². The third-order valence-electron chi connectivity index (χ3n) is 2.08. The van der Waals surface area contributed by atoms with Crippen molar-refractivity contribution in [2.24, 2.45) is 0 Å². The monoisotopic (exact) mass is 221 g/mol. The second-order valence-corrected chi connectivity index (χ2v) is 3.27. The molecule has 0 aliphatic carbocycles. The van der Waals surface area contributed by atoms with Crippen molar-refractivity contribution in [3.05, 3.63) is 23.5 Å². The summed E-state index contributed by atoms with van der Waals surface area (Å²) in [6.07, 6.45) is 1.28. The highest BCUT2D eigenvalue weighted by molar-refractivity contribution is 5.91. The van der Waals surface area contributed by atoms with Gasteiger partial charge in [-0.3, -0.25) is 0 Å². The van der Waals surface area contributed by atoms with Gasteiger partial charge in [0.05, 0.1) is 12.3 Å². The molecular weight excluding hydrogens is 210 g/mol. The fraction of sp³-hybridized carbons (Fsp3) is 0.300. The summed E-state index contributed by atoms with van der Waals surface area (Å²) in [5.41, 5.74) is 1.21. The van der Waals surface area contributed by atoms with Gasteiger partial charge in [0.25, 0.3) is 0 Å². The molecule has 1 N–H and O–H groups in total. The number of hydrogen-bond acceptors (Lipinski definition) is 5. The maximum absolute atomic E-state index is 11.5. The number of nitrogens with zero attached hydrogens (tertiary/aromatic N) is 3. The lowest BCUT2D eigenvalue weighted by molar-refractivity contribution is 0.0521. The first kappa shape index (κ1) is 10.4. The average Bonchev–Trinajstić information content (AvgIpc) is 2.60. The SMILES string of the molecule is CCOC(=O)c1cnc2cc(C)nn2c1O. The highest BCUT2D eigenvalue weighted by Gasteiger charge is 2.16. The van der Waals surface area contributed by atoms with Gasteiger partial charge < -0.3 is 9.84 Å². The van der Waals surface area contributed by atoms with Crippen molar-refractivity contribution in [2.75, 3.05) is 6.61 Å². The van der Waals surface area contributed by atoms with Gasteiger partial charge in [0.1, 0.15) is 5.56 Å². The lowest BCUT2D eigenvalue weighted by Gasteiger charge is -2.04. The highest BCUT2D eigenvalue weighted by Crippen LogP contribution is 2.18. The van der Waals surface area contributed by atoms with Crippen LogP contribution in [-0.2, 0) is 4.74 Å². The van der Waals surface area contributed by atoms with E-state index in [2.05, 4.69) is 10.1 Å². The first-order valence-corrected chi connectivity index (χ1v) is 4.85. The zero-order valence-electron chi connectivity index (χ0n) is 8.97. The van der Waals surface area contributed by atoms with E-state index in [0.717, 1.165) is 0 Å². The number of aryl methyl sites for hydroxylation is 1. The van der Waals surface area contributed by atoms with E-state index in [4.69, 9.17) is 4.74 Å². The van der Waals surface area contributed by atoms with E-state index in [9.17, 15) is 9.90 Å². The van der Waals surface area contributed by atoms with Crippen molar-refractivity contribution in [2.45, 2.75) is 13.8 Å². The number of carbonyl (C=O) groups is 1. The van der Waals surface area contributed by atoms with Crippen LogP contribution in [0.25, 0.3) is 5.65 Å². The molecule has 0 aliphatic heterocycles. The largest absolute Gasteiger partial charge is 0.493 e. The van der Waals surface area contributed by atoms with E-state index in [1.54, 1.807) is 19.9 Å². The molecule has 0 radical (unpaired) electrons. The van der Waals surface area contributed by atoms with Gasteiger partial charge in [0.15, 0.2) is 5.65 Å². The van der Waals surface area contributed by atoms with E-state index in [-0.39, 0.29) is 18.1 Å². The normalized spacial score (nSPS) is 10.6. The van der Waals surface area contributed by atoms with Gasteiger partial charge in [-0.25, -0.2) is 9.78 Å². The smallest absolute Gasteiger partial charge is 0.345 e. The predicted molar refractivity (Wildman–Crippen MR) is 55.3 cm³/mol. The van der Waals surface area contributed by atoms with E-state index in [1.165, 1.54) is 10.7 Å². The zero-order chi connectivity index (χ0) is 11.7. The summed E-state index contributed by atoms with van der Waals surface area (Å²) in [7, 11) is 0. The van der Waals surface area contributed by atoms with Gasteiger partial charge in [-0.1, -0.05) is 0 Å². The molecule has 2 aromatic rings. The lowest BCUT2D eigenvalue weighted by atomic mass is 10.3. The van der Waals surface area contributed by atoms with Crippen molar-refractivity contribution < 1.29 is 14.6 Å². The Morgan fingerprint density at radius 1 is 1.62 bits per heavy atom. The Morgan fingerprint density at radius 2 is 2.38 bits per heavy atom. The minimum Gasteiger partial charge on any atom is -0.493 e. The first-order chi connectivity index (χ1) is 7.63. The Bertz CT molecular complexity index is 547. The van der Waals surface area contributed by atoms with Crippen LogP contribution in [0.1, 0.15) is 23.0 Å². The maximum atomic E-state index is 11.5. The molecule has 16 heavy (non-hydrogen) atoms. The van der Waals surface area contributed by atoms with Crippen molar-refractivity contribution in [3.63, 3.8) is 0 Å². The third kappa shape index (κ3) is 1.58. The second kappa shape index (κ2) is 3.80. The van der Waals surface area contributed by atoms with Crippen LogP contribution in [0.2, 0.25) is 0 Å². The molecule has 2 rings (SSSR count). The molecule has 0 unspecified atom stereocenters. The van der Waals surface area contributed by atoms with Crippen LogP contribution in [0, 0.1) is 6.92 Å². The fourth-order valence-electron chi connectivity index (χ4n) is 1.39. The summed E-state index contributed by atoms with van der Waals surface area (Å²) in [6.45, 7) is 3.71. The predicted octanol–water partition coefficient (Wildman–Crippen LogP) is 0.920. The molecule has 84 valence electrons. The van der Waals surface area contributed by atoms with Crippen LogP contribution in [-0.4, -0.2) is 32.3 Å². The Hall–Kier alpha value is -2.11. The molecule has 0 bridgehead atoms. The molecule has 0 amide bonds. The van der Waals surface area contributed by atoms with Crippen molar-refractivity contribution in [3.8, 4) is 5.88 Å². The van der Waals surface area contributed by atoms with Crippen LogP contribution in [0.15, 0.2) is 12.3 Å². The minimum atomic E-state index is -0.609. The molecule has 6 heteroatoms. The summed E-state index contributed by atoms with van der Waals surface area (Å²) in [4.78, 5) is 15.5. The Balaban J connectivity index is 2.55. The number of carbonyl (C=O) groups excluding carboxylic acids is 1. The molecule has 0 aliphatic rings. The number of aromatic nitrogens is 3. The number of fused-ring (bicyclic) bond motifs is 1. The first-order valence-electron chi connectivity index (χ1n) is 4.85. The minimum absolute atomic E-state index is 0.0115. The fourth-order valence-corrected chi connectivity index (χ4v) is 1.39. The molecule has 2 aromatic heterocycles. The van der Waals surface area contributed by atoms with E-state index >= 15 is 0 Å². The number of aromatic hydroxyl groups is 1. The van der Waals surface area contributed by atoms with E-state index in [1.807, 2.05) is 0 Å². The highest BCUT2D eigenvalue weighted by atomic mass is 16.5. The summed E-state index contributed by atoms with van der Waals surface area (Å²) in [6, 6.07) is 1.70. The molecular formula is C10H11N3O3. The molecule has 0 spiro atoms. The third-order valence-corrected chi connectivity index (χ3v) is 2.08. The van der Waals surface area contributed by atoms with Gasteiger partial charge in [-0.2, -0.15) is 9.61 Å². The molecule has 0 saturated carbocycles. The molecule has 0 saturated heterocycles. The summed E-state index contributed by atoms with van der Waals surface area (Å²) in [5.74, 6) is -0.862. The van der Waals surface area contributed by atoms with Crippen LogP contribution in [0.5, 0.6) is 5.88 Å². The van der Waals surface area contributed by atoms with E-state index in [0.29, 0.717) is 11.3 Å². The number of esters is 1. The Morgan fingerprint density at radius 3 is 3.06 bits per heavy atom. The molecule has 6 nitrogen and oxygen atoms in total. The van der Waals surface area contributed by atoms with Crippen molar-refractivity contribution in [1.29, 1.82) is 0 Å². The quantitative estimate of drug-likeness (QED) is 0.763. The molecule has 0 atom stereocenters. The molecule has 0 aromatic carbocycles. The number of hydrogen-bond donors (Lipinski definition) is 1. The van der Waals surface area contributed by atoms with Crippen LogP contribution >= 0.6 is 0 Å². The zero-order valence-corrected chi connectivity index (χ0v) is 8.97.